The average molecular weight is 122 g/mol. The SMILES string of the molecule is C.O.O=C=O.O=C=O. The first-order valence-corrected chi connectivity index (χ1v) is 0.816. The maximum atomic E-state index is 8.12. The molecule has 0 fully saturated rings. The second-order valence-electron chi connectivity index (χ2n) is 0.167. The quantitative estimate of drug-likeness (QED) is 0.396. The Kier molecular flexibility index (Phi) is 913. The van der Waals surface area contributed by atoms with Gasteiger partial charge >= 0.3 is 12.3 Å². The van der Waals surface area contributed by atoms with Gasteiger partial charge in [0.15, 0.2) is 0 Å². The van der Waals surface area contributed by atoms with Gasteiger partial charge < -0.3 is 5.48 Å². The highest BCUT2D eigenvalue weighted by molar-refractivity contribution is 5.20. The van der Waals surface area contributed by atoms with E-state index in [1.165, 1.54) is 0 Å². The lowest BCUT2D eigenvalue weighted by Gasteiger charge is -0.945. The third-order valence-electron chi connectivity index (χ3n) is 0. The summed E-state index contributed by atoms with van der Waals surface area (Å²) in [7, 11) is 0. The van der Waals surface area contributed by atoms with E-state index in [4.69, 9.17) is 19.2 Å². The standard InChI is InChI=1S/2CO2.CH4.H2O/c2*2-1-3;;/h;;1H4;1H2. The Bertz CT molecular complexity index is 61.7. The zero-order valence-electron chi connectivity index (χ0n) is 3.13. The minimum absolute atomic E-state index is 0. The van der Waals surface area contributed by atoms with Gasteiger partial charge in [-0.15, -0.1) is 0 Å². The van der Waals surface area contributed by atoms with Gasteiger partial charge in [-0.25, -0.2) is 0 Å². The predicted molar refractivity (Wildman–Crippen MR) is 20.4 cm³/mol. The van der Waals surface area contributed by atoms with E-state index < -0.39 is 0 Å². The fraction of sp³-hybridized carbons (Fsp3) is 0.333. The first-order chi connectivity index (χ1) is 2.83. The van der Waals surface area contributed by atoms with Crippen LogP contribution in [0.1, 0.15) is 7.43 Å². The normalized spacial score (nSPS) is 2.00. The van der Waals surface area contributed by atoms with Crippen LogP contribution in [0.4, 0.5) is 0 Å². The summed E-state index contributed by atoms with van der Waals surface area (Å²) in [6.45, 7) is 0. The van der Waals surface area contributed by atoms with Gasteiger partial charge in [0.2, 0.25) is 0 Å². The Morgan fingerprint density at radius 2 is 0.750 bits per heavy atom. The number of rotatable bonds is 0. The van der Waals surface area contributed by atoms with Crippen LogP contribution in [0.25, 0.3) is 0 Å². The van der Waals surface area contributed by atoms with Gasteiger partial charge in [0.1, 0.15) is 0 Å². The lowest BCUT2D eigenvalue weighted by molar-refractivity contribution is -0.193. The van der Waals surface area contributed by atoms with Gasteiger partial charge in [-0.1, -0.05) is 7.43 Å². The molecular formula is C3H6O5. The highest BCUT2D eigenvalue weighted by atomic mass is 16.2. The fourth-order valence-corrected chi connectivity index (χ4v) is 0. The van der Waals surface area contributed by atoms with E-state index in [1.54, 1.807) is 0 Å². The zero-order chi connectivity index (χ0) is 5.41. The Morgan fingerprint density at radius 3 is 0.750 bits per heavy atom. The van der Waals surface area contributed by atoms with E-state index in [0.717, 1.165) is 0 Å². The molecule has 0 atom stereocenters. The van der Waals surface area contributed by atoms with Gasteiger partial charge in [-0.2, -0.15) is 19.2 Å². The molecule has 0 amide bonds. The first kappa shape index (κ1) is 29.7. The zero-order valence-corrected chi connectivity index (χ0v) is 3.13. The van der Waals surface area contributed by atoms with E-state index >= 15 is 0 Å². The highest BCUT2D eigenvalue weighted by Crippen LogP contribution is 0.790. The van der Waals surface area contributed by atoms with Crippen molar-refractivity contribution in [1.29, 1.82) is 0 Å². The molecule has 0 aliphatic heterocycles. The summed E-state index contributed by atoms with van der Waals surface area (Å²) < 4.78 is 0. The molecule has 0 radical (unpaired) electrons. The summed E-state index contributed by atoms with van der Waals surface area (Å²) in [6, 6.07) is 0. The molecule has 0 bridgehead atoms. The molecule has 0 aromatic rings. The lowest BCUT2D eigenvalue weighted by Crippen LogP contribution is -1.22. The maximum absolute atomic E-state index is 8.12. The molecule has 0 spiro atoms. The summed E-state index contributed by atoms with van der Waals surface area (Å²) in [5.74, 6) is 0. The molecular weight excluding hydrogens is 116 g/mol. The van der Waals surface area contributed by atoms with Crippen LogP contribution in [-0.2, 0) is 19.2 Å². The molecule has 0 unspecified atom stereocenters. The third-order valence-corrected chi connectivity index (χ3v) is 0. The van der Waals surface area contributed by atoms with Crippen molar-refractivity contribution in [3.63, 3.8) is 0 Å². The third kappa shape index (κ3) is 39.9. The minimum Gasteiger partial charge on any atom is -0.412 e. The van der Waals surface area contributed by atoms with Crippen LogP contribution in [0.3, 0.4) is 0 Å². The molecule has 0 aromatic heterocycles. The number of carbonyl (C=O) groups excluding carboxylic acids is 4. The van der Waals surface area contributed by atoms with Crippen LogP contribution in [0.2, 0.25) is 0 Å². The van der Waals surface area contributed by atoms with Gasteiger partial charge in [-0.05, 0) is 0 Å². The van der Waals surface area contributed by atoms with Crippen molar-refractivity contribution in [2.24, 2.45) is 0 Å². The maximum Gasteiger partial charge on any atom is 0.373 e. The van der Waals surface area contributed by atoms with Crippen molar-refractivity contribution in [3.05, 3.63) is 0 Å². The summed E-state index contributed by atoms with van der Waals surface area (Å²) >= 11 is 0. The second kappa shape index (κ2) is 246. The molecule has 8 heavy (non-hydrogen) atoms. The van der Waals surface area contributed by atoms with Gasteiger partial charge in [0.25, 0.3) is 0 Å². The molecule has 5 heteroatoms. The summed E-state index contributed by atoms with van der Waals surface area (Å²) in [5.41, 5.74) is 0. The molecule has 2 N–H and O–H groups in total. The lowest BCUT2D eigenvalue weighted by atomic mass is 11.8. The molecule has 0 aliphatic rings. The summed E-state index contributed by atoms with van der Waals surface area (Å²) in [5, 5.41) is 0. The Hall–Kier alpha value is -1.28. The smallest absolute Gasteiger partial charge is 0.373 e. The topological polar surface area (TPSA) is 99.8 Å². The molecule has 0 aromatic carbocycles. The molecule has 5 nitrogen and oxygen atoms in total. The summed E-state index contributed by atoms with van der Waals surface area (Å²) in [6.07, 6.45) is 0.500. The van der Waals surface area contributed by atoms with Gasteiger partial charge in [0, 0.05) is 0 Å². The van der Waals surface area contributed by atoms with Gasteiger partial charge in [0.05, 0.1) is 0 Å². The van der Waals surface area contributed by atoms with Crippen LogP contribution < -0.4 is 0 Å². The van der Waals surface area contributed by atoms with E-state index in [2.05, 4.69) is 0 Å². The fourth-order valence-electron chi connectivity index (χ4n) is 0. The van der Waals surface area contributed by atoms with E-state index in [1.807, 2.05) is 0 Å². The largest absolute Gasteiger partial charge is 0.412 e. The van der Waals surface area contributed by atoms with E-state index in [-0.39, 0.29) is 25.2 Å². The first-order valence-electron chi connectivity index (χ1n) is 0.816. The summed E-state index contributed by atoms with van der Waals surface area (Å²) in [4.78, 5) is 32.5. The molecule has 0 saturated carbocycles. The molecule has 0 rings (SSSR count). The van der Waals surface area contributed by atoms with Crippen LogP contribution in [0.15, 0.2) is 0 Å². The van der Waals surface area contributed by atoms with Crippen LogP contribution in [-0.4, -0.2) is 17.8 Å². The van der Waals surface area contributed by atoms with Crippen molar-refractivity contribution in [2.45, 2.75) is 7.43 Å². The van der Waals surface area contributed by atoms with Crippen molar-refractivity contribution in [2.75, 3.05) is 0 Å². The van der Waals surface area contributed by atoms with Crippen LogP contribution in [0, 0.1) is 0 Å². The van der Waals surface area contributed by atoms with Crippen molar-refractivity contribution in [1.82, 2.24) is 0 Å². The van der Waals surface area contributed by atoms with Crippen LogP contribution >= 0.6 is 0 Å². The second-order valence-corrected chi connectivity index (χ2v) is 0.167. The van der Waals surface area contributed by atoms with E-state index in [9.17, 15) is 0 Å². The molecule has 0 aliphatic carbocycles. The average Bonchev–Trinajstić information content (AvgIpc) is 1.39. The Morgan fingerprint density at radius 1 is 0.750 bits per heavy atom. The Labute approximate surface area is 45.6 Å². The monoisotopic (exact) mass is 122 g/mol. The van der Waals surface area contributed by atoms with Crippen molar-refractivity contribution in [3.8, 4) is 0 Å². The van der Waals surface area contributed by atoms with Gasteiger partial charge in [-0.3, -0.25) is 0 Å². The Balaban J connectivity index is -0.0000000160. The van der Waals surface area contributed by atoms with E-state index in [0.29, 0.717) is 0 Å². The minimum atomic E-state index is 0. The number of hydrogen-bond donors (Lipinski definition) is 0. The predicted octanol–water partition coefficient (Wildman–Crippen LogP) is -1.36. The molecule has 0 heterocycles. The highest BCUT2D eigenvalue weighted by Gasteiger charge is 1.13. The molecule has 48 valence electrons. The van der Waals surface area contributed by atoms with Crippen molar-refractivity contribution < 1.29 is 24.7 Å². The number of hydrogen-bond acceptors (Lipinski definition) is 4. The van der Waals surface area contributed by atoms with Crippen molar-refractivity contribution >= 4 is 12.3 Å². The molecule has 0 saturated heterocycles. The van der Waals surface area contributed by atoms with Crippen LogP contribution in [0.5, 0.6) is 0 Å².